The van der Waals surface area contributed by atoms with E-state index in [0.29, 0.717) is 17.2 Å². The van der Waals surface area contributed by atoms with E-state index in [1.807, 2.05) is 0 Å². The van der Waals surface area contributed by atoms with Crippen LogP contribution in [0.5, 0.6) is 0 Å². The summed E-state index contributed by atoms with van der Waals surface area (Å²) in [6.45, 7) is 3.55. The predicted molar refractivity (Wildman–Crippen MR) is 83.0 cm³/mol. The first-order valence-electron chi connectivity index (χ1n) is 6.96. The summed E-state index contributed by atoms with van der Waals surface area (Å²) in [6, 6.07) is 7.88. The van der Waals surface area contributed by atoms with Crippen molar-refractivity contribution in [2.75, 3.05) is 5.32 Å². The zero-order chi connectivity index (χ0) is 16.4. The number of hydrogen-bond acceptors (Lipinski definition) is 4. The van der Waals surface area contributed by atoms with Gasteiger partial charge in [-0.1, -0.05) is 12.1 Å². The molecule has 1 amide bonds. The normalized spacial score (nSPS) is 10.6. The van der Waals surface area contributed by atoms with Gasteiger partial charge in [-0.2, -0.15) is 5.10 Å². The summed E-state index contributed by atoms with van der Waals surface area (Å²) in [7, 11) is 0. The first-order chi connectivity index (χ1) is 11.0. The molecule has 0 aliphatic carbocycles. The highest BCUT2D eigenvalue weighted by atomic mass is 19.1. The molecule has 0 bridgehead atoms. The van der Waals surface area contributed by atoms with Crippen LogP contribution < -0.4 is 5.32 Å². The summed E-state index contributed by atoms with van der Waals surface area (Å²) in [6.07, 6.45) is 2.90. The number of nitrogens with one attached hydrogen (secondary N) is 1. The number of hydrogen-bond donors (Lipinski definition) is 1. The van der Waals surface area contributed by atoms with E-state index >= 15 is 0 Å². The molecule has 3 aromatic rings. The molecule has 0 saturated carbocycles. The van der Waals surface area contributed by atoms with Crippen molar-refractivity contribution < 1.29 is 9.18 Å². The second-order valence-electron chi connectivity index (χ2n) is 5.03. The standard InChI is InChI=1S/C16H14FN5O/c1-10-7-15(20-16(23)13-9-18-11(2)8-19-13)22(21-10)14-6-4-3-5-12(14)17/h3-9H,1-2H3,(H,20,23). The molecule has 116 valence electrons. The highest BCUT2D eigenvalue weighted by Crippen LogP contribution is 2.20. The number of anilines is 1. The fourth-order valence-electron chi connectivity index (χ4n) is 2.09. The van der Waals surface area contributed by atoms with Gasteiger partial charge >= 0.3 is 0 Å². The van der Waals surface area contributed by atoms with E-state index < -0.39 is 11.7 Å². The van der Waals surface area contributed by atoms with Crippen LogP contribution in [0.3, 0.4) is 0 Å². The molecule has 0 aliphatic heterocycles. The molecule has 0 unspecified atom stereocenters. The number of rotatable bonds is 3. The molecule has 6 nitrogen and oxygen atoms in total. The minimum absolute atomic E-state index is 0.175. The number of para-hydroxylation sites is 1. The SMILES string of the molecule is Cc1cnc(C(=O)Nc2cc(C)nn2-c2ccccc2F)cn1. The number of carbonyl (C=O) groups excluding carboxylic acids is 1. The van der Waals surface area contributed by atoms with Crippen LogP contribution in [0.4, 0.5) is 10.2 Å². The first kappa shape index (κ1) is 14.8. The maximum atomic E-state index is 14.0. The minimum atomic E-state index is -0.435. The Labute approximate surface area is 132 Å². The Hall–Kier alpha value is -3.09. The van der Waals surface area contributed by atoms with Gasteiger partial charge in [0.25, 0.3) is 5.91 Å². The minimum Gasteiger partial charge on any atom is -0.305 e. The lowest BCUT2D eigenvalue weighted by atomic mass is 10.3. The van der Waals surface area contributed by atoms with Crippen LogP contribution in [0.25, 0.3) is 5.69 Å². The zero-order valence-electron chi connectivity index (χ0n) is 12.6. The topological polar surface area (TPSA) is 72.7 Å². The van der Waals surface area contributed by atoms with Crippen LogP contribution in [0.2, 0.25) is 0 Å². The maximum Gasteiger partial charge on any atom is 0.277 e. The molecule has 0 spiro atoms. The number of carbonyl (C=O) groups is 1. The summed E-state index contributed by atoms with van der Waals surface area (Å²) >= 11 is 0. The van der Waals surface area contributed by atoms with Crippen LogP contribution in [0.15, 0.2) is 42.7 Å². The van der Waals surface area contributed by atoms with Crippen molar-refractivity contribution in [2.45, 2.75) is 13.8 Å². The Morgan fingerprint density at radius 1 is 1.13 bits per heavy atom. The predicted octanol–water partition coefficient (Wildman–Crippen LogP) is 2.67. The van der Waals surface area contributed by atoms with Crippen LogP contribution >= 0.6 is 0 Å². The third-order valence-corrected chi connectivity index (χ3v) is 3.17. The van der Waals surface area contributed by atoms with E-state index in [9.17, 15) is 9.18 Å². The summed E-state index contributed by atoms with van der Waals surface area (Å²) < 4.78 is 15.3. The van der Waals surface area contributed by atoms with Crippen LogP contribution in [-0.4, -0.2) is 25.7 Å². The molecule has 2 heterocycles. The molecule has 23 heavy (non-hydrogen) atoms. The van der Waals surface area contributed by atoms with Crippen molar-refractivity contribution >= 4 is 11.7 Å². The highest BCUT2D eigenvalue weighted by Gasteiger charge is 2.15. The van der Waals surface area contributed by atoms with Gasteiger partial charge in [0, 0.05) is 12.3 Å². The van der Waals surface area contributed by atoms with Crippen LogP contribution in [0.1, 0.15) is 21.9 Å². The van der Waals surface area contributed by atoms with Crippen molar-refractivity contribution in [3.05, 3.63) is 65.6 Å². The number of nitrogens with zero attached hydrogens (tertiary/aromatic N) is 4. The fraction of sp³-hybridized carbons (Fsp3) is 0.125. The van der Waals surface area contributed by atoms with Gasteiger partial charge in [-0.25, -0.2) is 14.1 Å². The number of halogens is 1. The number of amides is 1. The number of aryl methyl sites for hydroxylation is 2. The molecule has 0 saturated heterocycles. The average Bonchev–Trinajstić information content (AvgIpc) is 2.88. The molecule has 7 heteroatoms. The number of benzene rings is 1. The summed E-state index contributed by atoms with van der Waals surface area (Å²) in [5.74, 6) is -0.504. The monoisotopic (exact) mass is 311 g/mol. The van der Waals surface area contributed by atoms with Gasteiger partial charge < -0.3 is 5.32 Å². The Morgan fingerprint density at radius 2 is 1.91 bits per heavy atom. The third-order valence-electron chi connectivity index (χ3n) is 3.17. The maximum absolute atomic E-state index is 14.0. The molecule has 1 N–H and O–H groups in total. The second kappa shape index (κ2) is 5.96. The van der Waals surface area contributed by atoms with E-state index in [1.54, 1.807) is 38.1 Å². The quantitative estimate of drug-likeness (QED) is 0.807. The molecular weight excluding hydrogens is 297 g/mol. The van der Waals surface area contributed by atoms with Gasteiger partial charge in [-0.05, 0) is 26.0 Å². The Morgan fingerprint density at radius 3 is 2.61 bits per heavy atom. The van der Waals surface area contributed by atoms with Crippen molar-refractivity contribution in [2.24, 2.45) is 0 Å². The van der Waals surface area contributed by atoms with Crippen LogP contribution in [-0.2, 0) is 0 Å². The van der Waals surface area contributed by atoms with Gasteiger partial charge in [-0.15, -0.1) is 0 Å². The van der Waals surface area contributed by atoms with Crippen LogP contribution in [0, 0.1) is 19.7 Å². The zero-order valence-corrected chi connectivity index (χ0v) is 12.6. The van der Waals surface area contributed by atoms with Gasteiger partial charge in [0.1, 0.15) is 23.0 Å². The largest absolute Gasteiger partial charge is 0.305 e. The van der Waals surface area contributed by atoms with E-state index in [1.165, 1.54) is 23.1 Å². The van der Waals surface area contributed by atoms with Crippen molar-refractivity contribution in [3.8, 4) is 5.69 Å². The molecule has 0 radical (unpaired) electrons. The molecule has 3 rings (SSSR count). The smallest absolute Gasteiger partial charge is 0.277 e. The summed E-state index contributed by atoms with van der Waals surface area (Å²) in [5, 5.41) is 6.91. The Bertz CT molecular complexity index is 857. The summed E-state index contributed by atoms with van der Waals surface area (Å²) in [4.78, 5) is 20.3. The Kier molecular flexibility index (Phi) is 3.84. The lowest BCUT2D eigenvalue weighted by molar-refractivity contribution is 0.102. The van der Waals surface area contributed by atoms with Crippen molar-refractivity contribution in [3.63, 3.8) is 0 Å². The number of aromatic nitrogens is 4. The molecule has 1 aromatic carbocycles. The van der Waals surface area contributed by atoms with Crippen molar-refractivity contribution in [1.82, 2.24) is 19.7 Å². The lowest BCUT2D eigenvalue weighted by Gasteiger charge is -2.09. The second-order valence-corrected chi connectivity index (χ2v) is 5.03. The van der Waals surface area contributed by atoms with Gasteiger partial charge in [0.2, 0.25) is 0 Å². The molecule has 0 aliphatic rings. The van der Waals surface area contributed by atoms with Gasteiger partial charge in [0.15, 0.2) is 0 Å². The first-order valence-corrected chi connectivity index (χ1v) is 6.96. The summed E-state index contributed by atoms with van der Waals surface area (Å²) in [5.41, 5.74) is 1.80. The molecular formula is C16H14FN5O. The van der Waals surface area contributed by atoms with Gasteiger partial charge in [0.05, 0.1) is 17.6 Å². The molecule has 0 atom stereocenters. The fourth-order valence-corrected chi connectivity index (χ4v) is 2.09. The molecule has 2 aromatic heterocycles. The third kappa shape index (κ3) is 3.08. The van der Waals surface area contributed by atoms with Gasteiger partial charge in [-0.3, -0.25) is 9.78 Å². The van der Waals surface area contributed by atoms with E-state index in [2.05, 4.69) is 20.4 Å². The van der Waals surface area contributed by atoms with Crippen molar-refractivity contribution in [1.29, 1.82) is 0 Å². The Balaban J connectivity index is 1.94. The highest BCUT2D eigenvalue weighted by molar-refractivity contribution is 6.02. The lowest BCUT2D eigenvalue weighted by Crippen LogP contribution is -2.17. The van der Waals surface area contributed by atoms with E-state index in [4.69, 9.17) is 0 Å². The molecule has 0 fully saturated rings. The average molecular weight is 311 g/mol. The van der Waals surface area contributed by atoms with E-state index in [0.717, 1.165) is 0 Å². The van der Waals surface area contributed by atoms with E-state index in [-0.39, 0.29) is 11.4 Å².